The van der Waals surface area contributed by atoms with Crippen LogP contribution < -0.4 is 5.32 Å². The van der Waals surface area contributed by atoms with Crippen LogP contribution >= 0.6 is 11.8 Å². The molecule has 0 bridgehead atoms. The summed E-state index contributed by atoms with van der Waals surface area (Å²) in [6.07, 6.45) is 6.69. The second kappa shape index (κ2) is 6.44. The molecule has 110 valence electrons. The molecule has 1 aromatic carbocycles. The molecule has 3 rings (SSSR count). The molecule has 0 atom stereocenters. The molecular weight excluding hydrogens is 303 g/mol. The van der Waals surface area contributed by atoms with Crippen molar-refractivity contribution in [3.63, 3.8) is 0 Å². The minimum Gasteiger partial charge on any atom is -0.465 e. The van der Waals surface area contributed by atoms with E-state index in [0.717, 1.165) is 11.8 Å². The zero-order chi connectivity index (χ0) is 15.4. The normalized spacial score (nSPS) is 18.5. The molecule has 6 heteroatoms. The number of rotatable bonds is 3. The van der Waals surface area contributed by atoms with Gasteiger partial charge in [-0.1, -0.05) is 18.2 Å². The van der Waals surface area contributed by atoms with Gasteiger partial charge in [0.05, 0.1) is 11.2 Å². The molecule has 1 N–H and O–H groups in total. The SMILES string of the molecule is O=C1NC(=Nc2ccccc2F)S/C1=C\C=C\c1ccco1. The van der Waals surface area contributed by atoms with Gasteiger partial charge in [0, 0.05) is 0 Å². The maximum atomic E-state index is 13.5. The number of halogens is 1. The van der Waals surface area contributed by atoms with E-state index in [4.69, 9.17) is 4.42 Å². The van der Waals surface area contributed by atoms with Gasteiger partial charge in [0.15, 0.2) is 5.17 Å². The zero-order valence-electron chi connectivity index (χ0n) is 11.3. The molecule has 1 amide bonds. The first-order valence-electron chi connectivity index (χ1n) is 6.47. The molecule has 0 unspecified atom stereocenters. The standard InChI is InChI=1S/C16H11FN2O2S/c17-12-7-1-2-8-13(12)18-16-19-15(20)14(22-16)9-3-5-11-6-4-10-21-11/h1-10H,(H,18,19,20)/b5-3+,14-9-. The summed E-state index contributed by atoms with van der Waals surface area (Å²) < 4.78 is 18.7. The Morgan fingerprint density at radius 1 is 1.23 bits per heavy atom. The van der Waals surface area contributed by atoms with Crippen LogP contribution in [0.15, 0.2) is 69.1 Å². The van der Waals surface area contributed by atoms with E-state index in [1.807, 2.05) is 6.07 Å². The summed E-state index contributed by atoms with van der Waals surface area (Å²) in [5, 5.41) is 2.96. The highest BCUT2D eigenvalue weighted by Gasteiger charge is 2.23. The quantitative estimate of drug-likeness (QED) is 0.875. The summed E-state index contributed by atoms with van der Waals surface area (Å²) in [5.41, 5.74) is 0.192. The van der Waals surface area contributed by atoms with Crippen LogP contribution in [0.2, 0.25) is 0 Å². The molecular formula is C16H11FN2O2S. The molecule has 2 heterocycles. The molecule has 1 saturated heterocycles. The van der Waals surface area contributed by atoms with Gasteiger partial charge in [-0.15, -0.1) is 0 Å². The van der Waals surface area contributed by atoms with Gasteiger partial charge in [-0.05, 0) is 48.2 Å². The molecule has 22 heavy (non-hydrogen) atoms. The smallest absolute Gasteiger partial charge is 0.264 e. The van der Waals surface area contributed by atoms with E-state index >= 15 is 0 Å². The number of para-hydroxylation sites is 1. The van der Waals surface area contributed by atoms with Gasteiger partial charge in [-0.2, -0.15) is 0 Å². The second-order valence-electron chi connectivity index (χ2n) is 4.33. The van der Waals surface area contributed by atoms with Gasteiger partial charge < -0.3 is 9.73 Å². The van der Waals surface area contributed by atoms with Crippen LogP contribution in [0, 0.1) is 5.82 Å². The first kappa shape index (κ1) is 14.3. The Morgan fingerprint density at radius 3 is 2.86 bits per heavy atom. The number of carbonyl (C=O) groups excluding carboxylic acids is 1. The Bertz CT molecular complexity index is 779. The third kappa shape index (κ3) is 3.35. The lowest BCUT2D eigenvalue weighted by Gasteiger charge is -1.97. The number of hydrogen-bond donors (Lipinski definition) is 1. The number of benzene rings is 1. The lowest BCUT2D eigenvalue weighted by atomic mass is 10.3. The molecule has 0 spiro atoms. The minimum absolute atomic E-state index is 0.192. The molecule has 4 nitrogen and oxygen atoms in total. The molecule has 0 saturated carbocycles. The van der Waals surface area contributed by atoms with Crippen LogP contribution in [0.25, 0.3) is 6.08 Å². The highest BCUT2D eigenvalue weighted by molar-refractivity contribution is 8.18. The van der Waals surface area contributed by atoms with Crippen molar-refractivity contribution in [2.24, 2.45) is 4.99 Å². The topological polar surface area (TPSA) is 54.6 Å². The molecule has 1 fully saturated rings. The van der Waals surface area contributed by atoms with Crippen molar-refractivity contribution >= 4 is 34.6 Å². The Balaban J connectivity index is 1.74. The number of allylic oxidation sites excluding steroid dienone is 2. The van der Waals surface area contributed by atoms with Crippen molar-refractivity contribution in [1.29, 1.82) is 0 Å². The van der Waals surface area contributed by atoms with Gasteiger partial charge in [0.1, 0.15) is 17.3 Å². The van der Waals surface area contributed by atoms with Gasteiger partial charge in [-0.3, -0.25) is 4.79 Å². The fourth-order valence-electron chi connectivity index (χ4n) is 1.76. The van der Waals surface area contributed by atoms with Crippen molar-refractivity contribution in [3.8, 4) is 0 Å². The molecule has 2 aromatic rings. The minimum atomic E-state index is -0.431. The van der Waals surface area contributed by atoms with Crippen molar-refractivity contribution in [2.75, 3.05) is 0 Å². The lowest BCUT2D eigenvalue weighted by molar-refractivity contribution is -0.115. The summed E-state index contributed by atoms with van der Waals surface area (Å²) in [5.74, 6) is 0.00433. The summed E-state index contributed by atoms with van der Waals surface area (Å²) in [7, 11) is 0. The number of furan rings is 1. The van der Waals surface area contributed by atoms with Crippen LogP contribution in [-0.2, 0) is 4.79 Å². The van der Waals surface area contributed by atoms with E-state index < -0.39 is 5.82 Å². The summed E-state index contributed by atoms with van der Waals surface area (Å²) in [6.45, 7) is 0. The molecule has 1 aliphatic rings. The average Bonchev–Trinajstić information content (AvgIpc) is 3.12. The summed E-state index contributed by atoms with van der Waals surface area (Å²) >= 11 is 1.16. The summed E-state index contributed by atoms with van der Waals surface area (Å²) in [4.78, 5) is 16.4. The number of hydrogen-bond acceptors (Lipinski definition) is 4. The van der Waals surface area contributed by atoms with E-state index in [9.17, 15) is 9.18 Å². The van der Waals surface area contributed by atoms with Gasteiger partial charge in [0.2, 0.25) is 0 Å². The number of carbonyl (C=O) groups is 1. The average molecular weight is 314 g/mol. The first-order valence-corrected chi connectivity index (χ1v) is 7.28. The fourth-order valence-corrected chi connectivity index (χ4v) is 2.55. The Kier molecular flexibility index (Phi) is 4.20. The Morgan fingerprint density at radius 2 is 2.09 bits per heavy atom. The zero-order valence-corrected chi connectivity index (χ0v) is 12.1. The van der Waals surface area contributed by atoms with Gasteiger partial charge >= 0.3 is 0 Å². The number of nitrogens with one attached hydrogen (secondary N) is 1. The van der Waals surface area contributed by atoms with Crippen molar-refractivity contribution in [1.82, 2.24) is 5.32 Å². The van der Waals surface area contributed by atoms with Crippen LogP contribution in [0.5, 0.6) is 0 Å². The van der Waals surface area contributed by atoms with Crippen molar-refractivity contribution in [3.05, 3.63) is 71.3 Å². The van der Waals surface area contributed by atoms with Crippen molar-refractivity contribution < 1.29 is 13.6 Å². The van der Waals surface area contributed by atoms with Gasteiger partial charge in [-0.25, -0.2) is 9.38 Å². The second-order valence-corrected chi connectivity index (χ2v) is 5.36. The van der Waals surface area contributed by atoms with Gasteiger partial charge in [0.25, 0.3) is 5.91 Å². The predicted molar refractivity (Wildman–Crippen MR) is 85.1 cm³/mol. The van der Waals surface area contributed by atoms with E-state index in [1.165, 1.54) is 6.07 Å². The fraction of sp³-hybridized carbons (Fsp3) is 0. The summed E-state index contributed by atoms with van der Waals surface area (Å²) in [6, 6.07) is 9.74. The van der Waals surface area contributed by atoms with Crippen LogP contribution in [0.4, 0.5) is 10.1 Å². The van der Waals surface area contributed by atoms with Crippen LogP contribution in [0.1, 0.15) is 5.76 Å². The highest BCUT2D eigenvalue weighted by Crippen LogP contribution is 2.27. The molecule has 0 aliphatic carbocycles. The van der Waals surface area contributed by atoms with Crippen LogP contribution in [0.3, 0.4) is 0 Å². The predicted octanol–water partition coefficient (Wildman–Crippen LogP) is 3.87. The molecule has 0 radical (unpaired) electrons. The monoisotopic (exact) mass is 314 g/mol. The molecule has 1 aromatic heterocycles. The maximum Gasteiger partial charge on any atom is 0.264 e. The largest absolute Gasteiger partial charge is 0.465 e. The third-order valence-corrected chi connectivity index (χ3v) is 3.70. The first-order chi connectivity index (χ1) is 10.7. The van der Waals surface area contributed by atoms with Crippen LogP contribution in [-0.4, -0.2) is 11.1 Å². The van der Waals surface area contributed by atoms with E-state index in [0.29, 0.717) is 15.8 Å². The number of nitrogens with zero attached hydrogens (tertiary/aromatic N) is 1. The van der Waals surface area contributed by atoms with E-state index in [1.54, 1.807) is 48.8 Å². The highest BCUT2D eigenvalue weighted by atomic mass is 32.2. The Hall–Kier alpha value is -2.60. The third-order valence-electron chi connectivity index (χ3n) is 2.78. The number of thioether (sulfide) groups is 1. The lowest BCUT2D eigenvalue weighted by Crippen LogP contribution is -2.19. The van der Waals surface area contributed by atoms with E-state index in [-0.39, 0.29) is 11.6 Å². The number of aliphatic imine (C=N–C) groups is 1. The van der Waals surface area contributed by atoms with E-state index in [2.05, 4.69) is 10.3 Å². The Labute approximate surface area is 130 Å². The van der Waals surface area contributed by atoms with Crippen molar-refractivity contribution in [2.45, 2.75) is 0 Å². The number of amidine groups is 1. The maximum absolute atomic E-state index is 13.5. The number of amides is 1. The molecule has 1 aliphatic heterocycles.